The minimum absolute atomic E-state index is 0.0276. The average molecular weight is 1860 g/mol. The molecule has 23 nitrogen and oxygen atoms in total. The number of nitrogens with zero attached hydrogens (tertiary/aromatic N) is 10. The quantitative estimate of drug-likeness (QED) is 0.0142. The molecule has 5 heterocycles. The predicted molar refractivity (Wildman–Crippen MR) is 473 cm³/mol. The van der Waals surface area contributed by atoms with Gasteiger partial charge in [-0.25, -0.2) is 19.9 Å². The zero-order valence-corrected chi connectivity index (χ0v) is 74.3. The number of hydrogen-bond donors (Lipinski definition) is 8. The van der Waals surface area contributed by atoms with E-state index >= 15 is 0 Å². The van der Waals surface area contributed by atoms with Gasteiger partial charge in [0.25, 0.3) is 0 Å². The van der Waals surface area contributed by atoms with E-state index in [-0.39, 0.29) is 71.6 Å². The number of carbonyl (C=O) groups excluding carboxylic acids is 1. The first kappa shape index (κ1) is 99.3. The van der Waals surface area contributed by atoms with Gasteiger partial charge in [0.15, 0.2) is 5.78 Å². The minimum atomic E-state index is -4.78. The Morgan fingerprint density at radius 2 is 0.709 bits per heavy atom. The van der Waals surface area contributed by atoms with E-state index in [1.54, 1.807) is 163 Å². The second-order valence-corrected chi connectivity index (χ2v) is 43.6. The molecule has 1 fully saturated rings. The lowest BCUT2D eigenvalue weighted by Crippen LogP contribution is -2.44. The third-order valence-electron chi connectivity index (χ3n) is 19.2. The molecule has 1 aliphatic rings. The SMILES string of the molecule is CC(=O)c1cccc(Nc2nc(Nc3ccc(P(C)(C)=O)cc3)ncc2C(F)(F)F)c1.CCC(CC)Nc1nc(Nc2ccc(P(C)(C)=O)cc2)ncc1C(F)(F)F.CN1CCN(c2ccc(CNc3nc(Nc4ccc(P(C)(C)=O)cc4)ncc3C(F)(F)F)cc2)CC1.CP(C)(=O)c1ccc(Nc2ncc(C(F)(F)F)c(NCc3cccc(C(F)(F)F)c3)n2)cc1. The van der Waals surface area contributed by atoms with Crippen molar-refractivity contribution in [3.05, 3.63) is 239 Å². The van der Waals surface area contributed by atoms with Crippen LogP contribution >= 0.6 is 28.6 Å². The third-order valence-corrected chi connectivity index (χ3v) is 25.4. The zero-order valence-electron chi connectivity index (χ0n) is 70.7. The zero-order chi connectivity index (χ0) is 93.4. The summed E-state index contributed by atoms with van der Waals surface area (Å²) in [5.74, 6) is -1.91. The van der Waals surface area contributed by atoms with Crippen molar-refractivity contribution in [2.75, 3.05) is 134 Å². The smallest absolute Gasteiger partial charge is 0.369 e. The molecule has 42 heteroatoms. The Hall–Kier alpha value is -11.4. The number of piperazine rings is 1. The van der Waals surface area contributed by atoms with E-state index in [0.29, 0.717) is 69.5 Å². The lowest BCUT2D eigenvalue weighted by atomic mass is 10.1. The molecule has 127 heavy (non-hydrogen) atoms. The number of hydrogen-bond acceptors (Lipinski definition) is 23. The fourth-order valence-electron chi connectivity index (χ4n) is 12.0. The van der Waals surface area contributed by atoms with Crippen LogP contribution in [0.2, 0.25) is 0 Å². The molecule has 8 N–H and O–H groups in total. The van der Waals surface area contributed by atoms with Crippen molar-refractivity contribution in [1.29, 1.82) is 0 Å². The Labute approximate surface area is 723 Å². The van der Waals surface area contributed by atoms with Gasteiger partial charge in [0, 0.05) is 131 Å². The fraction of sp³-hybridized carbons (Fsp3) is 0.306. The van der Waals surface area contributed by atoms with Crippen molar-refractivity contribution in [3.63, 3.8) is 0 Å². The van der Waals surface area contributed by atoms with E-state index < -0.39 is 98.9 Å². The van der Waals surface area contributed by atoms with Crippen LogP contribution in [0.5, 0.6) is 0 Å². The standard InChI is InChI=1S/C25H30F3N6OP.C21H19F6N4OP.C21H20F3N4O2P.C18H24F3N4OP/c1-33-12-14-34(15-13-33)20-8-4-18(5-9-20)16-29-23-22(25(26,27)28)17-30-24(32-23)31-19-6-10-21(11-7-19)36(2,3)35;1-33(2,32)16-8-6-15(7-9-16)30-19-29-12-17(21(25,26)27)18(31-19)28-11-13-4-3-5-14(10-13)20(22,23)24;1-13(29)14-5-4-6-16(11-14)26-19-18(21(22,23)24)12-25-20(28-19)27-15-7-9-17(10-8-15)31(2,3)30;1-5-12(6-2)23-16-15(18(19,20)21)11-22-17(25-16)24-13-7-9-14(10-8-13)27(3,4)26/h4-11,17H,12-16H2,1-3H3,(H2,29,30,31,32);3-10,12H,11H2,1-2H3,(H2,28,29,30,31);4-12H,1-3H3,(H2,25,26,27,28);7-12H,5-6H2,1-4H3,(H2,22,23,24,25). The maximum atomic E-state index is 13.6. The Morgan fingerprint density at radius 1 is 0.378 bits per heavy atom. The summed E-state index contributed by atoms with van der Waals surface area (Å²) < 4.78 is 248. The van der Waals surface area contributed by atoms with Gasteiger partial charge in [0.1, 0.15) is 74.1 Å². The molecule has 0 radical (unpaired) electrons. The number of Topliss-reactive ketones (excluding diaryl/α,β-unsaturated/α-hetero) is 1. The number of carbonyl (C=O) groups is 1. The number of halogens is 15. The van der Waals surface area contributed by atoms with Crippen molar-refractivity contribution in [3.8, 4) is 0 Å². The first-order valence-electron chi connectivity index (χ1n) is 39.0. The molecule has 0 amide bonds. The maximum absolute atomic E-state index is 13.6. The van der Waals surface area contributed by atoms with E-state index in [1.165, 1.54) is 31.2 Å². The molecule has 0 spiro atoms. The molecule has 7 aromatic carbocycles. The van der Waals surface area contributed by atoms with Gasteiger partial charge in [-0.15, -0.1) is 0 Å². The summed E-state index contributed by atoms with van der Waals surface area (Å²) >= 11 is 0. The Kier molecular flexibility index (Phi) is 32.5. The van der Waals surface area contributed by atoms with Gasteiger partial charge in [-0.2, -0.15) is 85.8 Å². The van der Waals surface area contributed by atoms with Crippen LogP contribution in [0.1, 0.15) is 82.9 Å². The highest BCUT2D eigenvalue weighted by Crippen LogP contribution is 2.43. The average Bonchev–Trinajstić information content (AvgIpc) is 0.815. The number of nitrogens with one attached hydrogen (secondary N) is 8. The summed E-state index contributed by atoms with van der Waals surface area (Å²) in [4.78, 5) is 47.2. The molecule has 11 aromatic rings. The topological polar surface area (TPSA) is 291 Å². The van der Waals surface area contributed by atoms with Crippen molar-refractivity contribution < 1.29 is 88.9 Å². The van der Waals surface area contributed by atoms with Gasteiger partial charge in [-0.3, -0.25) is 4.79 Å². The summed E-state index contributed by atoms with van der Waals surface area (Å²) in [5.41, 5.74) is -0.0612. The molecule has 1 saturated heterocycles. The predicted octanol–water partition coefficient (Wildman–Crippen LogP) is 21.5. The van der Waals surface area contributed by atoms with Crippen LogP contribution < -0.4 is 68.7 Å². The highest BCUT2D eigenvalue weighted by atomic mass is 31.2. The van der Waals surface area contributed by atoms with E-state index in [2.05, 4.69) is 99.3 Å². The van der Waals surface area contributed by atoms with E-state index in [0.717, 1.165) is 67.3 Å². The summed E-state index contributed by atoms with van der Waals surface area (Å²) in [6.45, 7) is 22.1. The van der Waals surface area contributed by atoms with Gasteiger partial charge >= 0.3 is 30.9 Å². The second-order valence-electron chi connectivity index (χ2n) is 30.7. The van der Waals surface area contributed by atoms with Gasteiger partial charge in [-0.05, 0) is 225 Å². The van der Waals surface area contributed by atoms with Crippen molar-refractivity contribution in [1.82, 2.24) is 44.8 Å². The Morgan fingerprint density at radius 3 is 1.05 bits per heavy atom. The van der Waals surface area contributed by atoms with E-state index in [4.69, 9.17) is 0 Å². The third kappa shape index (κ3) is 29.8. The Balaban J connectivity index is 0.000000192. The minimum Gasteiger partial charge on any atom is -0.369 e. The molecular weight excluding hydrogens is 1760 g/mol. The molecular formula is C85H93F15N18O5P4. The molecule has 0 unspecified atom stereocenters. The number of alkyl halides is 15. The van der Waals surface area contributed by atoms with Crippen LogP contribution in [0.15, 0.2) is 195 Å². The van der Waals surface area contributed by atoms with Crippen LogP contribution in [0.4, 0.5) is 147 Å². The first-order valence-corrected chi connectivity index (χ1v) is 49.4. The number of anilines is 14. The number of ketones is 1. The van der Waals surface area contributed by atoms with Crippen LogP contribution in [0.3, 0.4) is 0 Å². The summed E-state index contributed by atoms with van der Waals surface area (Å²) in [6.07, 6.45) is -19.0. The van der Waals surface area contributed by atoms with Crippen LogP contribution in [-0.2, 0) is 62.2 Å². The normalized spacial score (nSPS) is 13.0. The van der Waals surface area contributed by atoms with Crippen LogP contribution in [-0.4, -0.2) is 143 Å². The fourth-order valence-corrected chi connectivity index (χ4v) is 15.4. The largest absolute Gasteiger partial charge is 0.421 e. The molecule has 678 valence electrons. The van der Waals surface area contributed by atoms with E-state index in [1.807, 2.05) is 38.1 Å². The van der Waals surface area contributed by atoms with Gasteiger partial charge in [0.05, 0.1) is 5.56 Å². The van der Waals surface area contributed by atoms with Crippen molar-refractivity contribution >= 4 is 137 Å². The number of benzene rings is 7. The number of rotatable bonds is 26. The summed E-state index contributed by atoms with van der Waals surface area (Å²) in [6, 6.07) is 44.8. The second kappa shape index (κ2) is 41.6. The van der Waals surface area contributed by atoms with E-state index in [9.17, 15) is 88.9 Å². The van der Waals surface area contributed by atoms with Crippen LogP contribution in [0, 0.1) is 0 Å². The number of likely N-dealkylation sites (N-methyl/N-ethyl adjacent to an activating group) is 1. The maximum Gasteiger partial charge on any atom is 0.421 e. The monoisotopic (exact) mass is 1850 g/mol. The molecule has 1 aliphatic heterocycles. The molecule has 0 bridgehead atoms. The molecule has 12 rings (SSSR count). The highest BCUT2D eigenvalue weighted by Gasteiger charge is 2.40. The number of aromatic nitrogens is 8. The van der Waals surface area contributed by atoms with Gasteiger partial charge in [0.2, 0.25) is 23.8 Å². The van der Waals surface area contributed by atoms with Gasteiger partial charge in [-0.1, -0.05) is 50.2 Å². The highest BCUT2D eigenvalue weighted by molar-refractivity contribution is 7.71. The first-order chi connectivity index (χ1) is 59.2. The molecule has 0 atom stereocenters. The molecule has 0 aliphatic carbocycles. The summed E-state index contributed by atoms with van der Waals surface area (Å²) in [7, 11) is -7.57. The lowest BCUT2D eigenvalue weighted by Gasteiger charge is -2.34. The molecule has 4 aromatic heterocycles. The molecule has 0 saturated carbocycles. The Bertz CT molecular complexity index is 5770. The van der Waals surface area contributed by atoms with Crippen molar-refractivity contribution in [2.24, 2.45) is 0 Å². The lowest BCUT2D eigenvalue weighted by molar-refractivity contribution is -0.138. The summed E-state index contributed by atoms with van der Waals surface area (Å²) in [5, 5.41) is 24.9. The van der Waals surface area contributed by atoms with Crippen LogP contribution in [0.25, 0.3) is 0 Å². The van der Waals surface area contributed by atoms with Crippen molar-refractivity contribution in [2.45, 2.75) is 83.6 Å². The van der Waals surface area contributed by atoms with Gasteiger partial charge < -0.3 is 70.6 Å².